The largest absolute Gasteiger partial charge is 0.212 e. The second-order valence-corrected chi connectivity index (χ2v) is 26.6. The third-order valence-corrected chi connectivity index (χ3v) is 18.4. The van der Waals surface area contributed by atoms with Gasteiger partial charge in [-0.25, -0.2) is 27.4 Å². The van der Waals surface area contributed by atoms with Gasteiger partial charge < -0.3 is 0 Å². The number of aryl methyl sites for hydroxylation is 15. The molecule has 99 heavy (non-hydrogen) atoms. The summed E-state index contributed by atoms with van der Waals surface area (Å²) in [5.41, 5.74) is 29.1. The van der Waals surface area contributed by atoms with Crippen molar-refractivity contribution < 1.29 is 35.6 Å². The van der Waals surface area contributed by atoms with Gasteiger partial charge in [0, 0.05) is 112 Å². The topological polar surface area (TPSA) is 23.3 Å². The molecule has 6 aromatic carbocycles. The number of hydrogen-bond donors (Lipinski definition) is 0. The zero-order valence-electron chi connectivity index (χ0n) is 69.0. The highest BCUT2D eigenvalue weighted by Gasteiger charge is 2.19. The average Bonchev–Trinajstić information content (AvgIpc) is 0.795. The minimum Gasteiger partial charge on any atom is -0.201 e. The number of aromatic nitrogens is 6. The van der Waals surface area contributed by atoms with E-state index < -0.39 is 19.1 Å². The van der Waals surface area contributed by atoms with E-state index in [1.165, 1.54) is 108 Å². The highest BCUT2D eigenvalue weighted by molar-refractivity contribution is 5.65. The van der Waals surface area contributed by atoms with Crippen LogP contribution in [0.5, 0.6) is 0 Å². The summed E-state index contributed by atoms with van der Waals surface area (Å²) >= 11 is 0. The Hall–Kier alpha value is -9.78. The van der Waals surface area contributed by atoms with Crippen molar-refractivity contribution in [2.45, 2.75) is 141 Å². The molecule has 0 fully saturated rings. The minimum absolute atomic E-state index is 0.488. The first kappa shape index (κ1) is 67.8. The molecule has 0 radical (unpaired) electrons. The lowest BCUT2D eigenvalue weighted by Crippen LogP contribution is -2.31. The van der Waals surface area contributed by atoms with Gasteiger partial charge in [0.2, 0.25) is 34.2 Å². The van der Waals surface area contributed by atoms with Crippen LogP contribution in [0.4, 0.5) is 0 Å². The molecular weight excluding hydrogens is 1200 g/mol. The summed E-state index contributed by atoms with van der Waals surface area (Å²) < 4.78 is 58.9. The SMILES string of the molecule is CCc1cc[n+](C)c(-c2ccccc2C)c1.CCc1ccc(-c2ccccc2C)[n+](C)c1.Cc1ccccc1-c1cc(C(C)C)cc[n+]1C.Cc1ccccc1-c1ccc(C(C)C)c[n+]1C.[2H]C([2H])(C)c1ccc(-c2ccccc2C)[n+](C)c1.[2H]C([2H])([2H])C([2H])(C)c1ccc(-c2ccccc2C)[n+](C)c1. The molecule has 0 aliphatic rings. The first-order valence-electron chi connectivity index (χ1n) is 38.0. The van der Waals surface area contributed by atoms with Crippen LogP contribution in [0.15, 0.2) is 256 Å². The van der Waals surface area contributed by atoms with Gasteiger partial charge in [-0.3, -0.25) is 0 Å². The molecule has 510 valence electrons. The molecule has 6 heteroatoms. The highest BCUT2D eigenvalue weighted by Crippen LogP contribution is 2.27. The molecule has 1 unspecified atom stereocenters. The fraction of sp³-hybridized carbons (Fsp3) is 0.290. The van der Waals surface area contributed by atoms with Crippen LogP contribution < -0.4 is 27.4 Å². The quantitative estimate of drug-likeness (QED) is 0.109. The summed E-state index contributed by atoms with van der Waals surface area (Å²) in [5, 5.41) is 0. The van der Waals surface area contributed by atoms with Crippen molar-refractivity contribution in [1.29, 1.82) is 0 Å². The van der Waals surface area contributed by atoms with Crippen molar-refractivity contribution in [2.75, 3.05) is 0 Å². The molecule has 6 aromatic heterocycles. The van der Waals surface area contributed by atoms with Gasteiger partial charge in [0.05, 0.1) is 0 Å². The molecule has 0 saturated heterocycles. The van der Waals surface area contributed by atoms with Crippen molar-refractivity contribution in [3.63, 3.8) is 0 Å². The van der Waals surface area contributed by atoms with E-state index in [4.69, 9.17) is 8.22 Å². The third-order valence-electron chi connectivity index (χ3n) is 18.4. The van der Waals surface area contributed by atoms with E-state index in [2.05, 4.69) is 305 Å². The summed E-state index contributed by atoms with van der Waals surface area (Å²) in [6.45, 7) is 26.7. The number of benzene rings is 6. The Bertz CT molecular complexity index is 4870. The third kappa shape index (κ3) is 21.1. The van der Waals surface area contributed by atoms with Crippen LogP contribution in [-0.4, -0.2) is 0 Å². The van der Waals surface area contributed by atoms with Crippen LogP contribution in [0.2, 0.25) is 0 Å². The standard InChI is InChI=1S/3C16H20N.3C15H18N/c1-12(2)14-9-10-17(4)16(11-14)15-8-6-5-7-13(15)3;2*1-12(2)14-9-10-16(17(4)11-14)15-8-6-5-7-13(15)3;1-4-13-9-10-16(3)15(11-13)14-8-6-5-7-12(14)2;2*1-4-13-9-10-15(16(3)11-13)14-8-6-5-7-12(14)2/h3*5-12H,1-4H3;3*5-11H,4H2,1-3H3/q6*+1/i;1D3,12D;;;4D2;. The molecular formula is C93H114N6+6. The van der Waals surface area contributed by atoms with Crippen molar-refractivity contribution >= 4 is 0 Å². The summed E-state index contributed by atoms with van der Waals surface area (Å²) in [5.74, 6) is -0.472. The lowest BCUT2D eigenvalue weighted by atomic mass is 9.99. The first-order chi connectivity index (χ1) is 49.7. The second kappa shape index (κ2) is 37.3. The van der Waals surface area contributed by atoms with E-state index in [1.807, 2.05) is 90.9 Å². The molecule has 12 aromatic rings. The number of pyridine rings is 6. The Balaban J connectivity index is 0.000000176. The average molecular weight is 1320 g/mol. The summed E-state index contributed by atoms with van der Waals surface area (Å²) in [6.07, 6.45) is 13.2. The molecule has 6 heterocycles. The van der Waals surface area contributed by atoms with Crippen LogP contribution in [0.25, 0.3) is 67.5 Å². The van der Waals surface area contributed by atoms with E-state index in [-0.39, 0.29) is 0 Å². The minimum atomic E-state index is -2.36. The second-order valence-electron chi connectivity index (χ2n) is 26.6. The van der Waals surface area contributed by atoms with E-state index in [1.54, 1.807) is 19.2 Å². The molecule has 12 rings (SSSR count). The Morgan fingerprint density at radius 3 is 0.939 bits per heavy atom. The summed E-state index contributed by atoms with van der Waals surface area (Å²) in [6, 6.07) is 75.7. The van der Waals surface area contributed by atoms with Crippen LogP contribution in [0.1, 0.15) is 155 Å². The van der Waals surface area contributed by atoms with Gasteiger partial charge in [-0.1, -0.05) is 171 Å². The maximum atomic E-state index is 8.16. The van der Waals surface area contributed by atoms with Gasteiger partial charge in [0.15, 0.2) is 37.2 Å². The van der Waals surface area contributed by atoms with Gasteiger partial charge in [0.1, 0.15) is 42.3 Å². The van der Waals surface area contributed by atoms with Gasteiger partial charge in [-0.05, 0) is 184 Å². The Labute approximate surface area is 605 Å². The van der Waals surface area contributed by atoms with Crippen molar-refractivity contribution in [1.82, 2.24) is 0 Å². The normalized spacial score (nSPS) is 12.4. The maximum Gasteiger partial charge on any atom is 0.212 e. The van der Waals surface area contributed by atoms with E-state index in [9.17, 15) is 0 Å². The predicted octanol–water partition coefficient (Wildman–Crippen LogP) is 20.0. The van der Waals surface area contributed by atoms with Crippen LogP contribution in [0.3, 0.4) is 0 Å². The van der Waals surface area contributed by atoms with Gasteiger partial charge in [-0.15, -0.1) is 0 Å². The maximum absolute atomic E-state index is 8.16. The molecule has 0 aliphatic carbocycles. The van der Waals surface area contributed by atoms with E-state index in [0.717, 1.165) is 35.4 Å². The molecule has 0 aliphatic heterocycles. The number of hydrogen-bond acceptors (Lipinski definition) is 0. The van der Waals surface area contributed by atoms with Crippen molar-refractivity contribution in [3.8, 4) is 67.5 Å². The Morgan fingerprint density at radius 1 is 0.303 bits per heavy atom. The van der Waals surface area contributed by atoms with E-state index >= 15 is 0 Å². The molecule has 6 nitrogen and oxygen atoms in total. The van der Waals surface area contributed by atoms with Crippen LogP contribution in [-0.2, 0) is 61.5 Å². The number of rotatable bonds is 12. The smallest absolute Gasteiger partial charge is 0.201 e. The monoisotopic (exact) mass is 1320 g/mol. The molecule has 0 N–H and O–H groups in total. The fourth-order valence-corrected chi connectivity index (χ4v) is 12.0. The van der Waals surface area contributed by atoms with Crippen LogP contribution >= 0.6 is 0 Å². The van der Waals surface area contributed by atoms with Gasteiger partial charge in [0.25, 0.3) is 0 Å². The van der Waals surface area contributed by atoms with Gasteiger partial charge in [-0.2, -0.15) is 0 Å². The highest BCUT2D eigenvalue weighted by atomic mass is 14.9. The Morgan fingerprint density at radius 2 is 0.606 bits per heavy atom. The van der Waals surface area contributed by atoms with E-state index in [0.29, 0.717) is 23.0 Å². The molecule has 0 saturated carbocycles. The predicted molar refractivity (Wildman–Crippen MR) is 417 cm³/mol. The molecule has 0 amide bonds. The van der Waals surface area contributed by atoms with Crippen LogP contribution in [0, 0.1) is 41.5 Å². The summed E-state index contributed by atoms with van der Waals surface area (Å²) in [7, 11) is 12.3. The van der Waals surface area contributed by atoms with Crippen molar-refractivity contribution in [2.24, 2.45) is 42.3 Å². The summed E-state index contributed by atoms with van der Waals surface area (Å²) in [4.78, 5) is 0. The lowest BCUT2D eigenvalue weighted by Gasteiger charge is -2.08. The number of nitrogens with zero attached hydrogens (tertiary/aromatic N) is 6. The molecule has 1 atom stereocenters. The lowest BCUT2D eigenvalue weighted by molar-refractivity contribution is -0.661. The zero-order chi connectivity index (χ0) is 77.1. The molecule has 0 bridgehead atoms. The zero-order valence-corrected chi connectivity index (χ0v) is 63.0. The van der Waals surface area contributed by atoms with Crippen molar-refractivity contribution in [3.05, 3.63) is 322 Å². The molecule has 0 spiro atoms. The fourth-order valence-electron chi connectivity index (χ4n) is 12.0. The van der Waals surface area contributed by atoms with Gasteiger partial charge >= 0.3 is 0 Å². The Kier molecular flexibility index (Phi) is 25.5. The first-order valence-corrected chi connectivity index (χ1v) is 35.0.